The zero-order valence-electron chi connectivity index (χ0n) is 12.9. The Morgan fingerprint density at radius 1 is 1.04 bits per heavy atom. The molecule has 0 spiro atoms. The number of nitrogens with one attached hydrogen (secondary N) is 1. The summed E-state index contributed by atoms with van der Waals surface area (Å²) in [5.41, 5.74) is 1.76. The van der Waals surface area contributed by atoms with Gasteiger partial charge in [-0.05, 0) is 42.5 Å². The molecule has 0 radical (unpaired) electrons. The monoisotopic (exact) mass is 377 g/mol. The molecule has 0 unspecified atom stereocenters. The third-order valence-corrected chi connectivity index (χ3v) is 5.33. The van der Waals surface area contributed by atoms with E-state index in [-0.39, 0.29) is 22.3 Å². The van der Waals surface area contributed by atoms with Crippen LogP contribution in [0.25, 0.3) is 11.3 Å². The Kier molecular flexibility index (Phi) is 5.08. The van der Waals surface area contributed by atoms with Gasteiger partial charge in [0.1, 0.15) is 17.0 Å². The van der Waals surface area contributed by atoms with Gasteiger partial charge in [0, 0.05) is 5.56 Å². The summed E-state index contributed by atoms with van der Waals surface area (Å²) in [5.74, 6) is -0.342. The van der Waals surface area contributed by atoms with Crippen LogP contribution in [0.4, 0.5) is 4.39 Å². The van der Waals surface area contributed by atoms with Crippen molar-refractivity contribution >= 4 is 21.6 Å². The van der Waals surface area contributed by atoms with Crippen molar-refractivity contribution in [2.24, 2.45) is 0 Å². The Morgan fingerprint density at radius 2 is 1.76 bits per heavy atom. The summed E-state index contributed by atoms with van der Waals surface area (Å²) in [6, 6.07) is 13.7. The van der Waals surface area contributed by atoms with Crippen molar-refractivity contribution in [2.45, 2.75) is 11.4 Å². The van der Waals surface area contributed by atoms with E-state index in [9.17, 15) is 12.8 Å². The number of benzene rings is 2. The minimum Gasteiger partial charge on any atom is -0.240 e. The van der Waals surface area contributed by atoms with Crippen molar-refractivity contribution in [3.63, 3.8) is 0 Å². The van der Waals surface area contributed by atoms with Crippen LogP contribution >= 0.6 is 11.6 Å². The molecule has 2 aromatic carbocycles. The van der Waals surface area contributed by atoms with E-state index in [0.29, 0.717) is 17.0 Å². The smallest absolute Gasteiger partial charge is 0.240 e. The average molecular weight is 378 g/mol. The predicted octanol–water partition coefficient (Wildman–Crippen LogP) is 3.41. The van der Waals surface area contributed by atoms with Gasteiger partial charge < -0.3 is 0 Å². The van der Waals surface area contributed by atoms with Gasteiger partial charge >= 0.3 is 0 Å². The first-order valence-electron chi connectivity index (χ1n) is 7.27. The molecule has 0 saturated heterocycles. The van der Waals surface area contributed by atoms with Crippen LogP contribution in [0.3, 0.4) is 0 Å². The van der Waals surface area contributed by atoms with Gasteiger partial charge in [0.15, 0.2) is 0 Å². The van der Waals surface area contributed by atoms with Crippen molar-refractivity contribution < 1.29 is 12.8 Å². The molecular weight excluding hydrogens is 365 g/mol. The number of nitrogens with zero attached hydrogens (tertiary/aromatic N) is 2. The lowest BCUT2D eigenvalue weighted by atomic mass is 10.1. The molecule has 0 atom stereocenters. The van der Waals surface area contributed by atoms with E-state index in [1.165, 1.54) is 30.6 Å². The summed E-state index contributed by atoms with van der Waals surface area (Å²) in [4.78, 5) is 8.18. The van der Waals surface area contributed by atoms with Gasteiger partial charge in [-0.25, -0.2) is 27.5 Å². The molecular formula is C17H13ClFN3O2S. The zero-order chi connectivity index (χ0) is 17.9. The molecule has 0 aliphatic carbocycles. The second-order valence-corrected chi connectivity index (χ2v) is 7.30. The highest BCUT2D eigenvalue weighted by Gasteiger charge is 2.17. The molecule has 1 aromatic heterocycles. The lowest BCUT2D eigenvalue weighted by Crippen LogP contribution is -2.24. The molecule has 1 N–H and O–H groups in total. The van der Waals surface area contributed by atoms with Crippen LogP contribution in [0.15, 0.2) is 65.8 Å². The van der Waals surface area contributed by atoms with Gasteiger partial charge in [0.2, 0.25) is 10.0 Å². The van der Waals surface area contributed by atoms with Crippen LogP contribution in [-0.4, -0.2) is 18.4 Å². The normalized spacial score (nSPS) is 11.4. The number of sulfonamides is 1. The first kappa shape index (κ1) is 17.5. The van der Waals surface area contributed by atoms with Crippen molar-refractivity contribution in [1.29, 1.82) is 0 Å². The van der Waals surface area contributed by atoms with Crippen LogP contribution in [-0.2, 0) is 16.6 Å². The quantitative estimate of drug-likeness (QED) is 0.739. The number of halogens is 2. The number of aromatic nitrogens is 2. The fourth-order valence-electron chi connectivity index (χ4n) is 2.18. The molecule has 0 amide bonds. The molecule has 128 valence electrons. The lowest BCUT2D eigenvalue weighted by Gasteiger charge is -2.08. The first-order valence-corrected chi connectivity index (χ1v) is 9.13. The molecule has 1 heterocycles. The molecule has 25 heavy (non-hydrogen) atoms. The number of hydrogen-bond donors (Lipinski definition) is 1. The molecule has 0 fully saturated rings. The van der Waals surface area contributed by atoms with Crippen LogP contribution in [0.5, 0.6) is 0 Å². The summed E-state index contributed by atoms with van der Waals surface area (Å²) in [5, 5.41) is 0.143. The second-order valence-electron chi connectivity index (χ2n) is 5.16. The van der Waals surface area contributed by atoms with E-state index in [4.69, 9.17) is 11.6 Å². The van der Waals surface area contributed by atoms with E-state index in [0.717, 1.165) is 0 Å². The van der Waals surface area contributed by atoms with Crippen LogP contribution in [0, 0.1) is 5.82 Å². The minimum absolute atomic E-state index is 0.00415. The van der Waals surface area contributed by atoms with Crippen LogP contribution < -0.4 is 4.72 Å². The summed E-state index contributed by atoms with van der Waals surface area (Å²) < 4.78 is 40.1. The molecule has 0 saturated carbocycles. The summed E-state index contributed by atoms with van der Waals surface area (Å²) in [6.07, 6.45) is 1.33. The second kappa shape index (κ2) is 7.26. The Balaban J connectivity index is 1.79. The van der Waals surface area contributed by atoms with E-state index in [2.05, 4.69) is 14.7 Å². The van der Waals surface area contributed by atoms with Crippen LogP contribution in [0.2, 0.25) is 5.02 Å². The van der Waals surface area contributed by atoms with Gasteiger partial charge in [0.05, 0.1) is 23.0 Å². The minimum atomic E-state index is -3.76. The van der Waals surface area contributed by atoms with E-state index >= 15 is 0 Å². The molecule has 8 heteroatoms. The number of hydrogen-bond acceptors (Lipinski definition) is 4. The maximum absolute atomic E-state index is 13.0. The van der Waals surface area contributed by atoms with Gasteiger partial charge in [-0.15, -0.1) is 0 Å². The molecule has 5 nitrogen and oxygen atoms in total. The van der Waals surface area contributed by atoms with Gasteiger partial charge in [-0.1, -0.05) is 23.7 Å². The topological polar surface area (TPSA) is 72.0 Å². The van der Waals surface area contributed by atoms with Crippen molar-refractivity contribution in [1.82, 2.24) is 14.7 Å². The maximum atomic E-state index is 13.0. The van der Waals surface area contributed by atoms with E-state index < -0.39 is 10.0 Å². The Labute approximate surface area is 149 Å². The van der Waals surface area contributed by atoms with Crippen molar-refractivity contribution in [3.8, 4) is 11.3 Å². The highest BCUT2D eigenvalue weighted by atomic mass is 35.5. The molecule has 0 bridgehead atoms. The van der Waals surface area contributed by atoms with Gasteiger partial charge in [-0.2, -0.15) is 0 Å². The fraction of sp³-hybridized carbons (Fsp3) is 0.0588. The highest BCUT2D eigenvalue weighted by molar-refractivity contribution is 7.89. The highest BCUT2D eigenvalue weighted by Crippen LogP contribution is 2.21. The SMILES string of the molecule is O=S(=O)(NCc1cc(-c2ccc(F)cc2)ncn1)c1ccccc1Cl. The summed E-state index contributed by atoms with van der Waals surface area (Å²) in [7, 11) is -3.76. The number of rotatable bonds is 5. The Bertz CT molecular complexity index is 995. The molecule has 0 aliphatic rings. The van der Waals surface area contributed by atoms with Crippen LogP contribution in [0.1, 0.15) is 5.69 Å². The maximum Gasteiger partial charge on any atom is 0.242 e. The predicted molar refractivity (Wildman–Crippen MR) is 92.9 cm³/mol. The molecule has 0 aliphatic heterocycles. The standard InChI is InChI=1S/C17H13ClFN3O2S/c18-15-3-1-2-4-17(15)25(23,24)22-10-14-9-16(21-11-20-14)12-5-7-13(19)8-6-12/h1-9,11,22H,10H2. The summed E-state index contributed by atoms with van der Waals surface area (Å²) in [6.45, 7) is -0.0235. The molecule has 3 rings (SSSR count). The van der Waals surface area contributed by atoms with E-state index in [1.54, 1.807) is 30.3 Å². The average Bonchev–Trinajstić information content (AvgIpc) is 2.61. The Hall–Kier alpha value is -2.35. The van der Waals surface area contributed by atoms with Gasteiger partial charge in [-0.3, -0.25) is 0 Å². The lowest BCUT2D eigenvalue weighted by molar-refractivity contribution is 0.580. The third-order valence-electron chi connectivity index (χ3n) is 3.43. The van der Waals surface area contributed by atoms with E-state index in [1.807, 2.05) is 0 Å². The third kappa shape index (κ3) is 4.19. The zero-order valence-corrected chi connectivity index (χ0v) is 14.4. The fourth-order valence-corrected chi connectivity index (χ4v) is 3.70. The van der Waals surface area contributed by atoms with Crippen molar-refractivity contribution in [3.05, 3.63) is 77.5 Å². The molecule has 3 aromatic rings. The summed E-state index contributed by atoms with van der Waals surface area (Å²) >= 11 is 5.93. The van der Waals surface area contributed by atoms with Crippen molar-refractivity contribution in [2.75, 3.05) is 0 Å². The first-order chi connectivity index (χ1) is 12.0. The Morgan fingerprint density at radius 3 is 2.48 bits per heavy atom. The largest absolute Gasteiger partial charge is 0.242 e. The van der Waals surface area contributed by atoms with Gasteiger partial charge in [0.25, 0.3) is 0 Å².